The van der Waals surface area contributed by atoms with Gasteiger partial charge < -0.3 is 26.4 Å². The standard InChI is InChI=1S/C25H28N6O2S/c1-13-3-6-17-22(28)23(34-25(17)29-13)24(32)30-15-5-7-16-14(9-15)4-8-20(18(16)10-26)31-11-19(27)21(12-31)33-2/h3-4,6,8,15,19,21H,5,7,9,11-12,27-28H2,1-2H3,(H,30,32)/t15-,19-,21-/m0/s1. The summed E-state index contributed by atoms with van der Waals surface area (Å²) >= 11 is 1.33. The highest BCUT2D eigenvalue weighted by molar-refractivity contribution is 7.21. The Labute approximate surface area is 202 Å². The summed E-state index contributed by atoms with van der Waals surface area (Å²) in [6, 6.07) is 10.2. The van der Waals surface area contributed by atoms with Crippen molar-refractivity contribution in [2.45, 2.75) is 44.4 Å². The smallest absolute Gasteiger partial charge is 0.263 e. The van der Waals surface area contributed by atoms with Crippen LogP contribution < -0.4 is 21.7 Å². The average Bonchev–Trinajstić information content (AvgIpc) is 3.37. The number of nitriles is 1. The van der Waals surface area contributed by atoms with Crippen LogP contribution in [0.15, 0.2) is 24.3 Å². The van der Waals surface area contributed by atoms with Crippen molar-refractivity contribution in [3.8, 4) is 6.07 Å². The van der Waals surface area contributed by atoms with E-state index in [1.165, 1.54) is 11.3 Å². The molecule has 2 aromatic heterocycles. The predicted octanol–water partition coefficient (Wildman–Crippen LogP) is 2.51. The van der Waals surface area contributed by atoms with Gasteiger partial charge in [0.2, 0.25) is 0 Å². The van der Waals surface area contributed by atoms with Crippen LogP contribution in [0.25, 0.3) is 10.2 Å². The van der Waals surface area contributed by atoms with E-state index in [0.717, 1.165) is 45.6 Å². The van der Waals surface area contributed by atoms with Crippen LogP contribution in [-0.4, -0.2) is 49.3 Å². The molecule has 3 heterocycles. The third-order valence-corrected chi connectivity index (χ3v) is 8.05. The number of amides is 1. The predicted molar refractivity (Wildman–Crippen MR) is 134 cm³/mol. The van der Waals surface area contributed by atoms with Crippen molar-refractivity contribution in [2.75, 3.05) is 30.8 Å². The van der Waals surface area contributed by atoms with Gasteiger partial charge in [0.15, 0.2) is 0 Å². The normalized spacial score (nSPS) is 21.9. The van der Waals surface area contributed by atoms with Crippen molar-refractivity contribution in [1.82, 2.24) is 10.3 Å². The van der Waals surface area contributed by atoms with Crippen molar-refractivity contribution in [3.05, 3.63) is 51.5 Å². The number of nitrogen functional groups attached to an aromatic ring is 1. The van der Waals surface area contributed by atoms with Crippen LogP contribution in [0.2, 0.25) is 0 Å². The lowest BCUT2D eigenvalue weighted by Gasteiger charge is -2.29. The molecule has 3 aromatic rings. The van der Waals surface area contributed by atoms with Crippen LogP contribution in [0.1, 0.15) is 38.5 Å². The van der Waals surface area contributed by atoms with Gasteiger partial charge in [-0.2, -0.15) is 5.26 Å². The van der Waals surface area contributed by atoms with Gasteiger partial charge in [-0.1, -0.05) is 6.07 Å². The van der Waals surface area contributed by atoms with E-state index in [9.17, 15) is 10.1 Å². The first-order valence-corrected chi connectivity index (χ1v) is 12.3. The molecule has 2 aliphatic rings. The number of anilines is 2. The number of fused-ring (bicyclic) bond motifs is 2. The minimum atomic E-state index is -0.166. The van der Waals surface area contributed by atoms with Gasteiger partial charge in [0.05, 0.1) is 29.1 Å². The van der Waals surface area contributed by atoms with Gasteiger partial charge in [-0.05, 0) is 55.5 Å². The molecule has 0 unspecified atom stereocenters. The van der Waals surface area contributed by atoms with Gasteiger partial charge in [-0.15, -0.1) is 11.3 Å². The zero-order valence-corrected chi connectivity index (χ0v) is 20.1. The summed E-state index contributed by atoms with van der Waals surface area (Å²) in [6.07, 6.45) is 2.13. The van der Waals surface area contributed by atoms with E-state index < -0.39 is 0 Å². The highest BCUT2D eigenvalue weighted by atomic mass is 32.1. The number of nitrogens with two attached hydrogens (primary N) is 2. The molecule has 8 nitrogen and oxygen atoms in total. The zero-order chi connectivity index (χ0) is 24.0. The molecule has 5 N–H and O–H groups in total. The number of rotatable bonds is 4. The molecule has 1 aliphatic heterocycles. The number of carbonyl (C=O) groups excluding carboxylic acids is 1. The Morgan fingerprint density at radius 2 is 2.15 bits per heavy atom. The Hall–Kier alpha value is -3.19. The number of nitrogens with zero attached hydrogens (tertiary/aromatic N) is 3. The lowest BCUT2D eigenvalue weighted by Crippen LogP contribution is -2.39. The van der Waals surface area contributed by atoms with E-state index in [1.807, 2.05) is 25.1 Å². The number of ether oxygens (including phenoxy) is 1. The van der Waals surface area contributed by atoms with E-state index in [4.69, 9.17) is 16.2 Å². The Balaban J connectivity index is 1.34. The van der Waals surface area contributed by atoms with Crippen molar-refractivity contribution in [3.63, 3.8) is 0 Å². The van der Waals surface area contributed by atoms with Crippen molar-refractivity contribution in [1.29, 1.82) is 5.26 Å². The Bertz CT molecular complexity index is 1310. The van der Waals surface area contributed by atoms with Gasteiger partial charge in [0.25, 0.3) is 5.91 Å². The van der Waals surface area contributed by atoms with E-state index >= 15 is 0 Å². The lowest BCUT2D eigenvalue weighted by atomic mass is 9.84. The molecule has 1 aromatic carbocycles. The average molecular weight is 477 g/mol. The molecule has 0 spiro atoms. The number of methoxy groups -OCH3 is 1. The molecule has 34 heavy (non-hydrogen) atoms. The number of hydrogen-bond donors (Lipinski definition) is 3. The Morgan fingerprint density at radius 3 is 2.88 bits per heavy atom. The molecule has 3 atom stereocenters. The Kier molecular flexibility index (Phi) is 5.90. The number of benzene rings is 1. The van der Waals surface area contributed by atoms with Crippen LogP contribution >= 0.6 is 11.3 Å². The van der Waals surface area contributed by atoms with Crippen LogP contribution in [0.5, 0.6) is 0 Å². The van der Waals surface area contributed by atoms with Crippen LogP contribution in [0.3, 0.4) is 0 Å². The van der Waals surface area contributed by atoms with Crippen LogP contribution in [0.4, 0.5) is 11.4 Å². The summed E-state index contributed by atoms with van der Waals surface area (Å²) in [4.78, 5) is 21.0. The minimum absolute atomic E-state index is 0.0187. The van der Waals surface area contributed by atoms with Gasteiger partial charge in [0, 0.05) is 37.3 Å². The maximum absolute atomic E-state index is 13.1. The Morgan fingerprint density at radius 1 is 1.32 bits per heavy atom. The molecule has 1 fully saturated rings. The van der Waals surface area contributed by atoms with Crippen LogP contribution in [-0.2, 0) is 17.6 Å². The molecule has 0 radical (unpaired) electrons. The summed E-state index contributed by atoms with van der Waals surface area (Å²) < 4.78 is 5.48. The fraction of sp³-hybridized carbons (Fsp3) is 0.400. The topological polar surface area (TPSA) is 130 Å². The summed E-state index contributed by atoms with van der Waals surface area (Å²) in [5.41, 5.74) is 17.6. The maximum Gasteiger partial charge on any atom is 0.263 e. The molecule has 1 aliphatic carbocycles. The number of carbonyl (C=O) groups is 1. The molecule has 1 amide bonds. The SMILES string of the molecule is CO[C@H]1CN(c2ccc3c(c2C#N)CC[C@H](NC(=O)c2sc4nc(C)ccc4c2N)C3)C[C@@H]1N. The molecule has 1 saturated heterocycles. The largest absolute Gasteiger partial charge is 0.397 e. The second kappa shape index (κ2) is 8.87. The quantitative estimate of drug-likeness (QED) is 0.527. The van der Waals surface area contributed by atoms with Crippen molar-refractivity contribution < 1.29 is 9.53 Å². The van der Waals surface area contributed by atoms with Gasteiger partial charge in [0.1, 0.15) is 15.8 Å². The zero-order valence-electron chi connectivity index (χ0n) is 19.3. The lowest BCUT2D eigenvalue weighted by molar-refractivity contribution is 0.0938. The number of hydrogen-bond acceptors (Lipinski definition) is 8. The number of aryl methyl sites for hydroxylation is 1. The monoisotopic (exact) mass is 476 g/mol. The molecule has 176 valence electrons. The summed E-state index contributed by atoms with van der Waals surface area (Å²) in [5, 5.41) is 13.9. The third-order valence-electron chi connectivity index (χ3n) is 6.94. The third kappa shape index (κ3) is 3.88. The first-order valence-electron chi connectivity index (χ1n) is 11.4. The van der Waals surface area contributed by atoms with Crippen molar-refractivity contribution >= 4 is 38.8 Å². The summed E-state index contributed by atoms with van der Waals surface area (Å²) in [6.45, 7) is 3.26. The minimum Gasteiger partial charge on any atom is -0.397 e. The molecular formula is C25H28N6O2S. The second-order valence-corrected chi connectivity index (χ2v) is 10.1. The fourth-order valence-corrected chi connectivity index (χ4v) is 6.15. The number of thiophene rings is 1. The molecule has 5 rings (SSSR count). The number of pyridine rings is 1. The van der Waals surface area contributed by atoms with E-state index in [-0.39, 0.29) is 24.1 Å². The van der Waals surface area contributed by atoms with Crippen LogP contribution in [0, 0.1) is 18.3 Å². The maximum atomic E-state index is 13.1. The van der Waals surface area contributed by atoms with E-state index in [1.54, 1.807) is 7.11 Å². The van der Waals surface area contributed by atoms with Crippen molar-refractivity contribution in [2.24, 2.45) is 5.73 Å². The molecule has 0 saturated carbocycles. The highest BCUT2D eigenvalue weighted by Gasteiger charge is 2.33. The van der Waals surface area contributed by atoms with Gasteiger partial charge in [-0.3, -0.25) is 4.79 Å². The second-order valence-electron chi connectivity index (χ2n) is 9.12. The first kappa shape index (κ1) is 22.6. The fourth-order valence-electron chi connectivity index (χ4n) is 5.11. The molecular weight excluding hydrogens is 448 g/mol. The highest BCUT2D eigenvalue weighted by Crippen LogP contribution is 2.35. The number of aromatic nitrogens is 1. The summed E-state index contributed by atoms with van der Waals surface area (Å²) in [7, 11) is 1.67. The summed E-state index contributed by atoms with van der Waals surface area (Å²) in [5.74, 6) is -0.166. The van der Waals surface area contributed by atoms with E-state index in [0.29, 0.717) is 35.6 Å². The van der Waals surface area contributed by atoms with Gasteiger partial charge in [-0.25, -0.2) is 4.98 Å². The molecule has 0 bridgehead atoms. The number of nitrogens with one attached hydrogen (secondary N) is 1. The molecule has 9 heteroatoms. The van der Waals surface area contributed by atoms with E-state index in [2.05, 4.69) is 27.3 Å². The van der Waals surface area contributed by atoms with Gasteiger partial charge >= 0.3 is 0 Å². The first-order chi connectivity index (χ1) is 16.4.